The summed E-state index contributed by atoms with van der Waals surface area (Å²) in [6.07, 6.45) is 3.29. The zero-order valence-corrected chi connectivity index (χ0v) is 13.0. The van der Waals surface area contributed by atoms with Crippen LogP contribution in [0.1, 0.15) is 31.0 Å². The summed E-state index contributed by atoms with van der Waals surface area (Å²) in [6, 6.07) is 7.05. The van der Waals surface area contributed by atoms with Gasteiger partial charge >= 0.3 is 0 Å². The number of benzene rings is 1. The van der Waals surface area contributed by atoms with Crippen molar-refractivity contribution in [3.63, 3.8) is 0 Å². The molecule has 116 valence electrons. The van der Waals surface area contributed by atoms with Crippen molar-refractivity contribution >= 4 is 23.4 Å². The number of aromatic nitrogens is 1. The van der Waals surface area contributed by atoms with Crippen LogP contribution < -0.4 is 10.1 Å². The van der Waals surface area contributed by atoms with Gasteiger partial charge in [-0.05, 0) is 44.7 Å². The van der Waals surface area contributed by atoms with Crippen molar-refractivity contribution in [3.8, 4) is 5.75 Å². The molecule has 5 nitrogen and oxygen atoms in total. The summed E-state index contributed by atoms with van der Waals surface area (Å²) in [5.74, 6) is 0.630. The summed E-state index contributed by atoms with van der Waals surface area (Å²) in [5.41, 5.74) is 1.95. The molecule has 1 amide bonds. The van der Waals surface area contributed by atoms with Gasteiger partial charge in [-0.25, -0.2) is 0 Å². The zero-order valence-electron chi connectivity index (χ0n) is 12.3. The van der Waals surface area contributed by atoms with Gasteiger partial charge in [-0.15, -0.1) is 0 Å². The average Bonchev–Trinajstić information content (AvgIpc) is 2.93. The third kappa shape index (κ3) is 3.09. The minimum atomic E-state index is -0.691. The fourth-order valence-electron chi connectivity index (χ4n) is 2.49. The molecule has 0 saturated heterocycles. The molecule has 1 aliphatic rings. The number of hydrogen-bond acceptors (Lipinski definition) is 4. The minimum absolute atomic E-state index is 0.288. The maximum absolute atomic E-state index is 12.2. The fraction of sp³-hybridized carbons (Fsp3) is 0.375. The van der Waals surface area contributed by atoms with E-state index in [0.717, 1.165) is 36.9 Å². The number of nitrogens with zero attached hydrogens (tertiary/aromatic N) is 1. The number of amides is 1. The molecule has 0 bridgehead atoms. The Morgan fingerprint density at radius 2 is 2.14 bits per heavy atom. The Hall–Kier alpha value is -2.01. The summed E-state index contributed by atoms with van der Waals surface area (Å²) in [6.45, 7) is 1.67. The largest absolute Gasteiger partial charge is 0.479 e. The molecule has 1 heterocycles. The van der Waals surface area contributed by atoms with Crippen molar-refractivity contribution in [2.24, 2.45) is 0 Å². The molecule has 0 unspecified atom stereocenters. The van der Waals surface area contributed by atoms with Crippen molar-refractivity contribution < 1.29 is 14.1 Å². The quantitative estimate of drug-likeness (QED) is 0.934. The number of para-hydroxylation sites is 1. The lowest BCUT2D eigenvalue weighted by Gasteiger charge is -2.15. The van der Waals surface area contributed by atoms with Gasteiger partial charge in [-0.3, -0.25) is 10.1 Å². The van der Waals surface area contributed by atoms with Gasteiger partial charge in [0.2, 0.25) is 5.88 Å². The number of carbonyl (C=O) groups is 1. The molecule has 1 aliphatic carbocycles. The lowest BCUT2D eigenvalue weighted by Crippen LogP contribution is -2.30. The van der Waals surface area contributed by atoms with Crippen LogP contribution in [-0.2, 0) is 17.6 Å². The monoisotopic (exact) mass is 320 g/mol. The Morgan fingerprint density at radius 3 is 2.95 bits per heavy atom. The van der Waals surface area contributed by atoms with Gasteiger partial charge in [0.25, 0.3) is 5.91 Å². The molecule has 0 fully saturated rings. The molecular formula is C16H17ClN2O3. The van der Waals surface area contributed by atoms with Crippen LogP contribution in [-0.4, -0.2) is 17.2 Å². The van der Waals surface area contributed by atoms with Crippen LogP contribution in [0, 0.1) is 0 Å². The number of aryl methyl sites for hydroxylation is 1. The van der Waals surface area contributed by atoms with Crippen LogP contribution in [0.25, 0.3) is 0 Å². The number of ether oxygens (including phenoxy) is 1. The number of halogens is 1. The van der Waals surface area contributed by atoms with E-state index in [9.17, 15) is 4.79 Å². The molecule has 0 saturated carbocycles. The van der Waals surface area contributed by atoms with E-state index in [0.29, 0.717) is 16.7 Å². The molecule has 1 aromatic heterocycles. The van der Waals surface area contributed by atoms with Crippen molar-refractivity contribution in [2.45, 2.75) is 38.7 Å². The first kappa shape index (κ1) is 14.9. The Bertz CT molecular complexity index is 684. The van der Waals surface area contributed by atoms with Crippen LogP contribution >= 0.6 is 11.6 Å². The van der Waals surface area contributed by atoms with Gasteiger partial charge in [0, 0.05) is 5.56 Å². The summed E-state index contributed by atoms with van der Waals surface area (Å²) >= 11 is 6.03. The van der Waals surface area contributed by atoms with E-state index in [1.54, 1.807) is 31.2 Å². The van der Waals surface area contributed by atoms with Crippen LogP contribution in [0.5, 0.6) is 5.75 Å². The highest BCUT2D eigenvalue weighted by Crippen LogP contribution is 2.28. The van der Waals surface area contributed by atoms with E-state index in [4.69, 9.17) is 20.9 Å². The Labute approximate surface area is 133 Å². The summed E-state index contributed by atoms with van der Waals surface area (Å²) in [4.78, 5) is 12.2. The molecule has 0 spiro atoms. The summed E-state index contributed by atoms with van der Waals surface area (Å²) in [7, 11) is 0. The summed E-state index contributed by atoms with van der Waals surface area (Å²) in [5, 5.41) is 7.24. The number of fused-ring (bicyclic) bond motifs is 1. The highest BCUT2D eigenvalue weighted by atomic mass is 35.5. The third-order valence-corrected chi connectivity index (χ3v) is 4.02. The van der Waals surface area contributed by atoms with E-state index in [1.165, 1.54) is 0 Å². The topological polar surface area (TPSA) is 64.4 Å². The van der Waals surface area contributed by atoms with Crippen molar-refractivity contribution in [1.82, 2.24) is 5.16 Å². The molecule has 1 atom stereocenters. The van der Waals surface area contributed by atoms with E-state index in [1.807, 2.05) is 0 Å². The molecule has 3 rings (SSSR count). The molecule has 1 N–H and O–H groups in total. The van der Waals surface area contributed by atoms with Gasteiger partial charge in [0.05, 0.1) is 10.7 Å². The second-order valence-corrected chi connectivity index (χ2v) is 5.73. The van der Waals surface area contributed by atoms with Crippen LogP contribution in [0.4, 0.5) is 5.88 Å². The standard InChI is InChI=1S/C16H17ClN2O3/c1-10(21-14-9-5-3-7-12(14)17)15(20)18-16-11-6-2-4-8-13(11)19-22-16/h3,5,7,9-10H,2,4,6,8H2,1H3,(H,18,20)/t10-/m1/s1. The second kappa shape index (κ2) is 6.40. The highest BCUT2D eigenvalue weighted by Gasteiger charge is 2.23. The first-order valence-corrected chi connectivity index (χ1v) is 7.72. The van der Waals surface area contributed by atoms with E-state index < -0.39 is 6.10 Å². The van der Waals surface area contributed by atoms with Crippen LogP contribution in [0.2, 0.25) is 5.02 Å². The summed E-state index contributed by atoms with van der Waals surface area (Å²) < 4.78 is 10.8. The molecule has 1 aromatic carbocycles. The van der Waals surface area contributed by atoms with Crippen molar-refractivity contribution in [1.29, 1.82) is 0 Å². The van der Waals surface area contributed by atoms with Crippen LogP contribution in [0.3, 0.4) is 0 Å². The Morgan fingerprint density at radius 1 is 1.36 bits per heavy atom. The van der Waals surface area contributed by atoms with Gasteiger partial charge in [-0.1, -0.05) is 28.9 Å². The lowest BCUT2D eigenvalue weighted by molar-refractivity contribution is -0.122. The maximum Gasteiger partial charge on any atom is 0.267 e. The number of nitrogens with one attached hydrogen (secondary N) is 1. The lowest BCUT2D eigenvalue weighted by atomic mass is 9.98. The maximum atomic E-state index is 12.2. The van der Waals surface area contributed by atoms with E-state index in [2.05, 4.69) is 10.5 Å². The average molecular weight is 321 g/mol. The van der Waals surface area contributed by atoms with Gasteiger partial charge in [-0.2, -0.15) is 0 Å². The molecule has 0 aliphatic heterocycles. The number of hydrogen-bond donors (Lipinski definition) is 1. The third-order valence-electron chi connectivity index (χ3n) is 3.71. The first-order chi connectivity index (χ1) is 10.6. The second-order valence-electron chi connectivity index (χ2n) is 5.32. The predicted molar refractivity (Wildman–Crippen MR) is 83.3 cm³/mol. The highest BCUT2D eigenvalue weighted by molar-refractivity contribution is 6.32. The zero-order chi connectivity index (χ0) is 15.5. The van der Waals surface area contributed by atoms with Gasteiger partial charge in [0.1, 0.15) is 5.75 Å². The molecule has 22 heavy (non-hydrogen) atoms. The SMILES string of the molecule is C[C@@H](Oc1ccccc1Cl)C(=O)Nc1onc2c1CCCC2. The first-order valence-electron chi connectivity index (χ1n) is 7.34. The molecule has 6 heteroatoms. The molecule has 2 aromatic rings. The van der Waals surface area contributed by atoms with Gasteiger partial charge < -0.3 is 9.26 Å². The fourth-order valence-corrected chi connectivity index (χ4v) is 2.67. The molecule has 0 radical (unpaired) electrons. The number of anilines is 1. The minimum Gasteiger partial charge on any atom is -0.479 e. The predicted octanol–water partition coefficient (Wildman–Crippen LogP) is 3.61. The van der Waals surface area contributed by atoms with Gasteiger partial charge in [0.15, 0.2) is 6.10 Å². The van der Waals surface area contributed by atoms with Crippen LogP contribution in [0.15, 0.2) is 28.8 Å². The smallest absolute Gasteiger partial charge is 0.267 e. The molecular weight excluding hydrogens is 304 g/mol. The van der Waals surface area contributed by atoms with Crippen molar-refractivity contribution in [3.05, 3.63) is 40.5 Å². The Kier molecular flexibility index (Phi) is 4.34. The normalized spacial score (nSPS) is 15.0. The van der Waals surface area contributed by atoms with E-state index in [-0.39, 0.29) is 5.91 Å². The van der Waals surface area contributed by atoms with E-state index >= 15 is 0 Å². The number of carbonyl (C=O) groups excluding carboxylic acids is 1. The van der Waals surface area contributed by atoms with Crippen molar-refractivity contribution in [2.75, 3.05) is 5.32 Å². The Balaban J connectivity index is 1.67. The number of rotatable bonds is 4.